The lowest BCUT2D eigenvalue weighted by Gasteiger charge is -2.29. The van der Waals surface area contributed by atoms with Crippen molar-refractivity contribution in [2.75, 3.05) is 38.3 Å². The summed E-state index contributed by atoms with van der Waals surface area (Å²) in [6, 6.07) is 11.7. The van der Waals surface area contributed by atoms with Crippen molar-refractivity contribution in [1.82, 2.24) is 4.90 Å². The third kappa shape index (κ3) is 3.31. The normalized spacial score (nSPS) is 14.9. The molecule has 3 rings (SSSR count). The van der Waals surface area contributed by atoms with Crippen LogP contribution in [0.25, 0.3) is 0 Å². The zero-order valence-electron chi connectivity index (χ0n) is 12.7. The molecular formula is C17H20N2O3. The number of rotatable bonds is 4. The average Bonchev–Trinajstić information content (AvgIpc) is 3.10. The van der Waals surface area contributed by atoms with Gasteiger partial charge in [0.15, 0.2) is 5.76 Å². The number of hydrogen-bond acceptors (Lipinski definition) is 4. The zero-order valence-corrected chi connectivity index (χ0v) is 12.7. The summed E-state index contributed by atoms with van der Waals surface area (Å²) in [6.07, 6.45) is 1.51. The van der Waals surface area contributed by atoms with Crippen molar-refractivity contribution >= 4 is 11.6 Å². The summed E-state index contributed by atoms with van der Waals surface area (Å²) < 4.78 is 10.5. The van der Waals surface area contributed by atoms with Crippen molar-refractivity contribution in [2.24, 2.45) is 0 Å². The van der Waals surface area contributed by atoms with Crippen molar-refractivity contribution in [3.63, 3.8) is 0 Å². The first kappa shape index (κ1) is 14.7. The second-order valence-corrected chi connectivity index (χ2v) is 5.40. The van der Waals surface area contributed by atoms with E-state index in [1.165, 1.54) is 12.0 Å². The number of nitrogens with zero attached hydrogens (tertiary/aromatic N) is 2. The Labute approximate surface area is 130 Å². The number of furan rings is 1. The smallest absolute Gasteiger partial charge is 0.289 e. The molecule has 1 amide bonds. The van der Waals surface area contributed by atoms with Crippen molar-refractivity contribution in [3.8, 4) is 0 Å². The van der Waals surface area contributed by atoms with Gasteiger partial charge in [0, 0.05) is 32.4 Å². The van der Waals surface area contributed by atoms with E-state index < -0.39 is 0 Å². The minimum Gasteiger partial charge on any atom is -0.459 e. The van der Waals surface area contributed by atoms with Gasteiger partial charge in [0.05, 0.1) is 19.5 Å². The van der Waals surface area contributed by atoms with Crippen LogP contribution in [0.3, 0.4) is 0 Å². The predicted molar refractivity (Wildman–Crippen MR) is 84.0 cm³/mol. The van der Waals surface area contributed by atoms with Crippen LogP contribution in [0.15, 0.2) is 47.1 Å². The van der Waals surface area contributed by atoms with Crippen LogP contribution in [-0.2, 0) is 11.3 Å². The molecular weight excluding hydrogens is 280 g/mol. The summed E-state index contributed by atoms with van der Waals surface area (Å²) in [4.78, 5) is 16.1. The van der Waals surface area contributed by atoms with Gasteiger partial charge in [0.2, 0.25) is 0 Å². The summed E-state index contributed by atoms with van der Waals surface area (Å²) in [5.74, 6) is 0.259. The standard InChI is InChI=1S/C17H20N2O3/c1-18(17(20)16-3-2-10-22-16)13-14-4-6-15(7-5-14)19-8-11-21-12-9-19/h2-7,10H,8-9,11-13H2,1H3. The Morgan fingerprint density at radius 1 is 1.18 bits per heavy atom. The van der Waals surface area contributed by atoms with Gasteiger partial charge in [-0.15, -0.1) is 0 Å². The third-order valence-electron chi connectivity index (χ3n) is 3.81. The number of ether oxygens (including phenoxy) is 1. The number of amides is 1. The molecule has 5 nitrogen and oxygen atoms in total. The van der Waals surface area contributed by atoms with Gasteiger partial charge in [-0.25, -0.2) is 0 Å². The van der Waals surface area contributed by atoms with Crippen molar-refractivity contribution in [2.45, 2.75) is 6.54 Å². The second kappa shape index (κ2) is 6.66. The Kier molecular flexibility index (Phi) is 4.44. The van der Waals surface area contributed by atoms with Gasteiger partial charge < -0.3 is 19.0 Å². The molecule has 1 aromatic carbocycles. The number of carbonyl (C=O) groups excluding carboxylic acids is 1. The summed E-state index contributed by atoms with van der Waals surface area (Å²) in [5, 5.41) is 0. The molecule has 0 N–H and O–H groups in total. The van der Waals surface area contributed by atoms with Gasteiger partial charge >= 0.3 is 0 Å². The summed E-state index contributed by atoms with van der Waals surface area (Å²) >= 11 is 0. The van der Waals surface area contributed by atoms with Crippen LogP contribution in [0.5, 0.6) is 0 Å². The minimum atomic E-state index is -0.109. The lowest BCUT2D eigenvalue weighted by Crippen LogP contribution is -2.36. The van der Waals surface area contributed by atoms with E-state index in [0.29, 0.717) is 12.3 Å². The number of hydrogen-bond donors (Lipinski definition) is 0. The Balaban J connectivity index is 1.62. The van der Waals surface area contributed by atoms with Crippen LogP contribution >= 0.6 is 0 Å². The number of morpholine rings is 1. The Bertz CT molecular complexity index is 601. The molecule has 2 heterocycles. The Morgan fingerprint density at radius 2 is 1.91 bits per heavy atom. The second-order valence-electron chi connectivity index (χ2n) is 5.40. The quantitative estimate of drug-likeness (QED) is 0.870. The van der Waals surface area contributed by atoms with Crippen LogP contribution in [-0.4, -0.2) is 44.2 Å². The van der Waals surface area contributed by atoms with E-state index in [9.17, 15) is 4.79 Å². The summed E-state index contributed by atoms with van der Waals surface area (Å²) in [7, 11) is 1.78. The van der Waals surface area contributed by atoms with Crippen LogP contribution in [0.2, 0.25) is 0 Å². The molecule has 0 saturated carbocycles. The molecule has 1 aliphatic rings. The molecule has 22 heavy (non-hydrogen) atoms. The molecule has 0 unspecified atom stereocenters. The number of benzene rings is 1. The lowest BCUT2D eigenvalue weighted by molar-refractivity contribution is 0.0753. The third-order valence-corrected chi connectivity index (χ3v) is 3.81. The first-order valence-electron chi connectivity index (χ1n) is 7.44. The van der Waals surface area contributed by atoms with Gasteiger partial charge in [-0.3, -0.25) is 4.79 Å². The minimum absolute atomic E-state index is 0.109. The van der Waals surface area contributed by atoms with E-state index in [1.54, 1.807) is 24.1 Å². The van der Waals surface area contributed by atoms with Gasteiger partial charge in [-0.2, -0.15) is 0 Å². The first-order valence-corrected chi connectivity index (χ1v) is 7.44. The van der Waals surface area contributed by atoms with Crippen LogP contribution in [0, 0.1) is 0 Å². The molecule has 0 bridgehead atoms. The maximum atomic E-state index is 12.1. The molecule has 5 heteroatoms. The van der Waals surface area contributed by atoms with Crippen LogP contribution in [0.4, 0.5) is 5.69 Å². The van der Waals surface area contributed by atoms with E-state index >= 15 is 0 Å². The lowest BCUT2D eigenvalue weighted by atomic mass is 10.1. The molecule has 0 aliphatic carbocycles. The van der Waals surface area contributed by atoms with Crippen LogP contribution < -0.4 is 4.90 Å². The molecule has 2 aromatic rings. The van der Waals surface area contributed by atoms with E-state index in [0.717, 1.165) is 31.9 Å². The van der Waals surface area contributed by atoms with Gasteiger partial charge in [-0.05, 0) is 29.8 Å². The monoisotopic (exact) mass is 300 g/mol. The largest absolute Gasteiger partial charge is 0.459 e. The maximum absolute atomic E-state index is 12.1. The molecule has 1 fully saturated rings. The Morgan fingerprint density at radius 3 is 2.55 bits per heavy atom. The van der Waals surface area contributed by atoms with Crippen molar-refractivity contribution < 1.29 is 13.9 Å². The fraction of sp³-hybridized carbons (Fsp3) is 0.353. The number of carbonyl (C=O) groups is 1. The topological polar surface area (TPSA) is 45.9 Å². The fourth-order valence-corrected chi connectivity index (χ4v) is 2.57. The molecule has 1 saturated heterocycles. The highest BCUT2D eigenvalue weighted by Gasteiger charge is 2.15. The molecule has 1 aromatic heterocycles. The van der Waals surface area contributed by atoms with E-state index in [1.807, 2.05) is 0 Å². The Hall–Kier alpha value is -2.27. The average molecular weight is 300 g/mol. The van der Waals surface area contributed by atoms with Crippen molar-refractivity contribution in [3.05, 3.63) is 54.0 Å². The molecule has 116 valence electrons. The maximum Gasteiger partial charge on any atom is 0.289 e. The van der Waals surface area contributed by atoms with Gasteiger partial charge in [-0.1, -0.05) is 12.1 Å². The van der Waals surface area contributed by atoms with E-state index in [2.05, 4.69) is 29.2 Å². The molecule has 0 spiro atoms. The number of anilines is 1. The van der Waals surface area contributed by atoms with Gasteiger partial charge in [0.1, 0.15) is 0 Å². The SMILES string of the molecule is CN(Cc1ccc(N2CCOCC2)cc1)C(=O)c1ccco1. The predicted octanol–water partition coefficient (Wildman–Crippen LogP) is 2.39. The van der Waals surface area contributed by atoms with E-state index in [-0.39, 0.29) is 5.91 Å². The summed E-state index contributed by atoms with van der Waals surface area (Å²) in [6.45, 7) is 3.97. The van der Waals surface area contributed by atoms with Crippen LogP contribution in [0.1, 0.15) is 16.1 Å². The first-order chi connectivity index (χ1) is 10.7. The highest BCUT2D eigenvalue weighted by molar-refractivity contribution is 5.91. The van der Waals surface area contributed by atoms with Gasteiger partial charge in [0.25, 0.3) is 5.91 Å². The zero-order chi connectivity index (χ0) is 15.4. The molecule has 1 aliphatic heterocycles. The molecule has 0 radical (unpaired) electrons. The van der Waals surface area contributed by atoms with E-state index in [4.69, 9.17) is 9.15 Å². The van der Waals surface area contributed by atoms with Crippen molar-refractivity contribution in [1.29, 1.82) is 0 Å². The highest BCUT2D eigenvalue weighted by Crippen LogP contribution is 2.18. The summed E-state index contributed by atoms with van der Waals surface area (Å²) in [5.41, 5.74) is 2.30. The highest BCUT2D eigenvalue weighted by atomic mass is 16.5. The fourth-order valence-electron chi connectivity index (χ4n) is 2.57. The molecule has 0 atom stereocenters.